The van der Waals surface area contributed by atoms with Crippen LogP contribution in [0.1, 0.15) is 4.88 Å². The SMILES string of the molecule is N#Cc1cc2c(Cl)ncnc2s1. The van der Waals surface area contributed by atoms with E-state index in [9.17, 15) is 0 Å². The van der Waals surface area contributed by atoms with Gasteiger partial charge in [0.1, 0.15) is 27.3 Å². The fourth-order valence-corrected chi connectivity index (χ4v) is 1.92. The Bertz CT molecular complexity index is 471. The first-order valence-corrected chi connectivity index (χ1v) is 4.31. The zero-order chi connectivity index (χ0) is 8.55. The molecule has 0 amide bonds. The van der Waals surface area contributed by atoms with Crippen molar-refractivity contribution in [2.75, 3.05) is 0 Å². The van der Waals surface area contributed by atoms with Crippen molar-refractivity contribution in [3.8, 4) is 6.07 Å². The third-order valence-electron chi connectivity index (χ3n) is 1.39. The van der Waals surface area contributed by atoms with Crippen molar-refractivity contribution < 1.29 is 0 Å². The minimum absolute atomic E-state index is 0.401. The summed E-state index contributed by atoms with van der Waals surface area (Å²) in [6, 6.07) is 3.73. The molecule has 0 radical (unpaired) electrons. The summed E-state index contributed by atoms with van der Waals surface area (Å²) in [4.78, 5) is 9.15. The molecule has 0 unspecified atom stereocenters. The number of fused-ring (bicyclic) bond motifs is 1. The number of rotatable bonds is 0. The highest BCUT2D eigenvalue weighted by Gasteiger charge is 2.05. The van der Waals surface area contributed by atoms with Crippen molar-refractivity contribution in [1.82, 2.24) is 9.97 Å². The Morgan fingerprint density at radius 3 is 3.00 bits per heavy atom. The maximum Gasteiger partial charge on any atom is 0.141 e. The lowest BCUT2D eigenvalue weighted by Crippen LogP contribution is -1.76. The number of halogens is 1. The Labute approximate surface area is 77.3 Å². The summed E-state index contributed by atoms with van der Waals surface area (Å²) >= 11 is 7.09. The lowest BCUT2D eigenvalue weighted by atomic mass is 10.4. The topological polar surface area (TPSA) is 49.6 Å². The molecular formula is C7H2ClN3S. The monoisotopic (exact) mass is 195 g/mol. The molecule has 2 aromatic rings. The van der Waals surface area contributed by atoms with E-state index >= 15 is 0 Å². The first-order chi connectivity index (χ1) is 5.81. The average Bonchev–Trinajstić information content (AvgIpc) is 2.49. The van der Waals surface area contributed by atoms with Crippen LogP contribution in [-0.2, 0) is 0 Å². The second-order valence-corrected chi connectivity index (χ2v) is 3.49. The minimum atomic E-state index is 0.401. The Balaban J connectivity index is 2.85. The predicted octanol–water partition coefficient (Wildman–Crippen LogP) is 2.22. The van der Waals surface area contributed by atoms with E-state index in [1.807, 2.05) is 6.07 Å². The first kappa shape index (κ1) is 7.47. The van der Waals surface area contributed by atoms with Crippen molar-refractivity contribution in [2.24, 2.45) is 0 Å². The van der Waals surface area contributed by atoms with Crippen LogP contribution < -0.4 is 0 Å². The highest BCUT2D eigenvalue weighted by atomic mass is 35.5. The summed E-state index contributed by atoms with van der Waals surface area (Å²) in [6.45, 7) is 0. The van der Waals surface area contributed by atoms with Gasteiger partial charge >= 0.3 is 0 Å². The fourth-order valence-electron chi connectivity index (χ4n) is 0.882. The van der Waals surface area contributed by atoms with Gasteiger partial charge in [0.15, 0.2) is 0 Å². The van der Waals surface area contributed by atoms with E-state index in [1.54, 1.807) is 6.07 Å². The van der Waals surface area contributed by atoms with E-state index in [1.165, 1.54) is 17.7 Å². The molecule has 12 heavy (non-hydrogen) atoms. The van der Waals surface area contributed by atoms with Gasteiger partial charge in [0.05, 0.1) is 5.39 Å². The Kier molecular flexibility index (Phi) is 1.68. The molecule has 0 aromatic carbocycles. The van der Waals surface area contributed by atoms with Gasteiger partial charge in [0.25, 0.3) is 0 Å². The summed E-state index contributed by atoms with van der Waals surface area (Å²) in [7, 11) is 0. The highest BCUT2D eigenvalue weighted by Crippen LogP contribution is 2.26. The molecule has 0 aliphatic carbocycles. The second-order valence-electron chi connectivity index (χ2n) is 2.11. The summed E-state index contributed by atoms with van der Waals surface area (Å²) < 4.78 is 0. The van der Waals surface area contributed by atoms with Crippen LogP contribution in [0.5, 0.6) is 0 Å². The molecule has 2 rings (SSSR count). The van der Waals surface area contributed by atoms with E-state index in [4.69, 9.17) is 16.9 Å². The molecule has 0 saturated heterocycles. The van der Waals surface area contributed by atoms with Crippen LogP contribution in [0, 0.1) is 11.3 Å². The molecule has 0 bridgehead atoms. The molecule has 3 nitrogen and oxygen atoms in total. The molecule has 0 fully saturated rings. The van der Waals surface area contributed by atoms with E-state index in [0.717, 1.165) is 10.2 Å². The Morgan fingerprint density at radius 2 is 2.33 bits per heavy atom. The van der Waals surface area contributed by atoms with Gasteiger partial charge in [0, 0.05) is 0 Å². The molecule has 58 valence electrons. The number of hydrogen-bond donors (Lipinski definition) is 0. The quantitative estimate of drug-likeness (QED) is 0.606. The van der Waals surface area contributed by atoms with E-state index in [-0.39, 0.29) is 0 Å². The second kappa shape index (κ2) is 2.70. The van der Waals surface area contributed by atoms with Crippen LogP contribution in [0.3, 0.4) is 0 Å². The lowest BCUT2D eigenvalue weighted by Gasteiger charge is -1.87. The van der Waals surface area contributed by atoms with Crippen LogP contribution in [0.4, 0.5) is 0 Å². The summed E-state index contributed by atoms with van der Waals surface area (Å²) in [5, 5.41) is 9.75. The molecule has 2 heterocycles. The number of hydrogen-bond acceptors (Lipinski definition) is 4. The van der Waals surface area contributed by atoms with E-state index < -0.39 is 0 Å². The summed E-state index contributed by atoms with van der Waals surface area (Å²) in [6.07, 6.45) is 1.39. The normalized spacial score (nSPS) is 10.0. The van der Waals surface area contributed by atoms with Gasteiger partial charge < -0.3 is 0 Å². The molecule has 0 saturated carbocycles. The van der Waals surface area contributed by atoms with Crippen molar-refractivity contribution >= 4 is 33.2 Å². The third-order valence-corrected chi connectivity index (χ3v) is 2.64. The smallest absolute Gasteiger partial charge is 0.141 e. The number of nitriles is 1. The Morgan fingerprint density at radius 1 is 1.50 bits per heavy atom. The maximum atomic E-state index is 8.60. The van der Waals surface area contributed by atoms with Crippen molar-refractivity contribution in [1.29, 1.82) is 5.26 Å². The molecule has 0 atom stereocenters. The van der Waals surface area contributed by atoms with Gasteiger partial charge in [-0.15, -0.1) is 11.3 Å². The Hall–Kier alpha value is -1.18. The molecule has 0 spiro atoms. The molecule has 0 aliphatic heterocycles. The van der Waals surface area contributed by atoms with Gasteiger partial charge in [-0.25, -0.2) is 9.97 Å². The largest absolute Gasteiger partial charge is 0.225 e. The molecule has 0 aliphatic rings. The zero-order valence-corrected chi connectivity index (χ0v) is 7.35. The lowest BCUT2D eigenvalue weighted by molar-refractivity contribution is 1.23. The summed E-state index contributed by atoms with van der Waals surface area (Å²) in [5.74, 6) is 0. The molecule has 5 heteroatoms. The van der Waals surface area contributed by atoms with Crippen molar-refractivity contribution in [3.63, 3.8) is 0 Å². The van der Waals surface area contributed by atoms with Crippen LogP contribution in [0.15, 0.2) is 12.4 Å². The number of thiophene rings is 1. The average molecular weight is 196 g/mol. The molecule has 0 N–H and O–H groups in total. The standard InChI is InChI=1S/C7H2ClN3S/c8-6-5-1-4(2-9)12-7(5)11-3-10-6/h1,3H. The van der Waals surface area contributed by atoms with Gasteiger partial charge in [-0.05, 0) is 6.07 Å². The van der Waals surface area contributed by atoms with Gasteiger partial charge in [-0.1, -0.05) is 11.6 Å². The molecule has 2 aromatic heterocycles. The highest BCUT2D eigenvalue weighted by molar-refractivity contribution is 7.19. The van der Waals surface area contributed by atoms with Crippen molar-refractivity contribution in [3.05, 3.63) is 22.4 Å². The van der Waals surface area contributed by atoms with E-state index in [0.29, 0.717) is 10.0 Å². The van der Waals surface area contributed by atoms with Gasteiger partial charge in [-0.3, -0.25) is 0 Å². The van der Waals surface area contributed by atoms with Crippen LogP contribution >= 0.6 is 22.9 Å². The van der Waals surface area contributed by atoms with Crippen LogP contribution in [0.2, 0.25) is 5.15 Å². The maximum absolute atomic E-state index is 8.60. The van der Waals surface area contributed by atoms with Crippen LogP contribution in [-0.4, -0.2) is 9.97 Å². The predicted molar refractivity (Wildman–Crippen MR) is 47.1 cm³/mol. The molecular weight excluding hydrogens is 194 g/mol. The first-order valence-electron chi connectivity index (χ1n) is 3.11. The van der Waals surface area contributed by atoms with Gasteiger partial charge in [0.2, 0.25) is 0 Å². The van der Waals surface area contributed by atoms with Gasteiger partial charge in [-0.2, -0.15) is 5.26 Å². The minimum Gasteiger partial charge on any atom is -0.225 e. The zero-order valence-electron chi connectivity index (χ0n) is 5.78. The fraction of sp³-hybridized carbons (Fsp3) is 0. The number of aromatic nitrogens is 2. The third kappa shape index (κ3) is 1.04. The van der Waals surface area contributed by atoms with E-state index in [2.05, 4.69) is 9.97 Å². The number of nitrogens with zero attached hydrogens (tertiary/aromatic N) is 3. The van der Waals surface area contributed by atoms with Crippen LogP contribution in [0.25, 0.3) is 10.2 Å². The summed E-state index contributed by atoms with van der Waals surface area (Å²) in [5.41, 5.74) is 0. The van der Waals surface area contributed by atoms with Crippen molar-refractivity contribution in [2.45, 2.75) is 0 Å².